The molecule has 0 spiro atoms. The van der Waals surface area contributed by atoms with E-state index in [1.165, 1.54) is 6.26 Å². The topological polar surface area (TPSA) is 34.1 Å². The molecule has 2 nitrogen and oxygen atoms in total. The summed E-state index contributed by atoms with van der Waals surface area (Å²) in [6, 6.07) is 0. The molecule has 1 fully saturated rings. The first-order valence-corrected chi connectivity index (χ1v) is 8.34. The predicted molar refractivity (Wildman–Crippen MR) is 69.2 cm³/mol. The minimum atomic E-state index is -2.83. The van der Waals surface area contributed by atoms with Gasteiger partial charge in [-0.2, -0.15) is 0 Å². The second-order valence-electron chi connectivity index (χ2n) is 6.07. The standard InChI is InChI=1S/C13H26O2S/c1-10(2)13(11(3)4)8-6-12(7-9-13)16(5,14)15/h10-12H,6-9H2,1-5H3. The van der Waals surface area contributed by atoms with Crippen LogP contribution in [0.25, 0.3) is 0 Å². The summed E-state index contributed by atoms with van der Waals surface area (Å²) < 4.78 is 23.1. The minimum absolute atomic E-state index is 0.0851. The maximum Gasteiger partial charge on any atom is 0.150 e. The highest BCUT2D eigenvalue weighted by molar-refractivity contribution is 7.91. The van der Waals surface area contributed by atoms with E-state index in [4.69, 9.17) is 0 Å². The number of sulfone groups is 1. The smallest absolute Gasteiger partial charge is 0.150 e. The third-order valence-electron chi connectivity index (χ3n) is 4.77. The van der Waals surface area contributed by atoms with Crippen LogP contribution in [-0.4, -0.2) is 19.9 Å². The van der Waals surface area contributed by atoms with Crippen LogP contribution >= 0.6 is 0 Å². The molecule has 1 aliphatic carbocycles. The van der Waals surface area contributed by atoms with Gasteiger partial charge in [-0.05, 0) is 42.9 Å². The largest absolute Gasteiger partial charge is 0.229 e. The van der Waals surface area contributed by atoms with Crippen LogP contribution in [0.15, 0.2) is 0 Å². The van der Waals surface area contributed by atoms with Gasteiger partial charge in [0.2, 0.25) is 0 Å². The van der Waals surface area contributed by atoms with Crippen LogP contribution in [-0.2, 0) is 9.84 Å². The summed E-state index contributed by atoms with van der Waals surface area (Å²) in [4.78, 5) is 0. The summed E-state index contributed by atoms with van der Waals surface area (Å²) in [6.07, 6.45) is 5.24. The Bertz CT molecular complexity index is 310. The lowest BCUT2D eigenvalue weighted by atomic mass is 9.61. The van der Waals surface area contributed by atoms with Crippen LogP contribution in [0.5, 0.6) is 0 Å². The van der Waals surface area contributed by atoms with Crippen LogP contribution in [0.4, 0.5) is 0 Å². The summed E-state index contributed by atoms with van der Waals surface area (Å²) in [5.74, 6) is 1.29. The number of rotatable bonds is 3. The Hall–Kier alpha value is -0.0500. The minimum Gasteiger partial charge on any atom is -0.229 e. The Morgan fingerprint density at radius 1 is 1.00 bits per heavy atom. The molecule has 0 amide bonds. The zero-order chi connectivity index (χ0) is 12.6. The Kier molecular flexibility index (Phi) is 4.09. The van der Waals surface area contributed by atoms with Gasteiger partial charge < -0.3 is 0 Å². The van der Waals surface area contributed by atoms with Gasteiger partial charge in [-0.25, -0.2) is 8.42 Å². The number of hydrogen-bond donors (Lipinski definition) is 0. The van der Waals surface area contributed by atoms with E-state index < -0.39 is 9.84 Å². The van der Waals surface area contributed by atoms with Gasteiger partial charge in [0.05, 0.1) is 5.25 Å². The third-order valence-corrected chi connectivity index (χ3v) is 6.45. The Balaban J connectivity index is 2.79. The predicted octanol–water partition coefficient (Wildman–Crippen LogP) is 3.27. The van der Waals surface area contributed by atoms with Crippen LogP contribution in [0.3, 0.4) is 0 Å². The molecule has 0 aromatic carbocycles. The summed E-state index contributed by atoms with van der Waals surface area (Å²) in [6.45, 7) is 9.11. The highest BCUT2D eigenvalue weighted by Crippen LogP contribution is 2.48. The molecule has 0 aromatic heterocycles. The van der Waals surface area contributed by atoms with Crippen molar-refractivity contribution in [2.75, 3.05) is 6.26 Å². The van der Waals surface area contributed by atoms with Gasteiger partial charge in [-0.15, -0.1) is 0 Å². The molecule has 0 aromatic rings. The van der Waals surface area contributed by atoms with E-state index in [1.54, 1.807) is 0 Å². The fourth-order valence-electron chi connectivity index (χ4n) is 3.38. The molecule has 96 valence electrons. The first-order chi connectivity index (χ1) is 7.20. The Morgan fingerprint density at radius 2 is 1.38 bits per heavy atom. The molecule has 0 heterocycles. The fourth-order valence-corrected chi connectivity index (χ4v) is 4.47. The average Bonchev–Trinajstić information content (AvgIpc) is 2.15. The molecule has 16 heavy (non-hydrogen) atoms. The second kappa shape index (κ2) is 4.67. The summed E-state index contributed by atoms with van der Waals surface area (Å²) >= 11 is 0. The molecule has 3 heteroatoms. The molecule has 1 saturated carbocycles. The van der Waals surface area contributed by atoms with E-state index in [-0.39, 0.29) is 5.25 Å². The van der Waals surface area contributed by atoms with E-state index in [0.29, 0.717) is 17.3 Å². The zero-order valence-corrected chi connectivity index (χ0v) is 12.1. The molecule has 0 bridgehead atoms. The van der Waals surface area contributed by atoms with Crippen LogP contribution in [0.2, 0.25) is 0 Å². The maximum absolute atomic E-state index is 11.5. The molecule has 1 rings (SSSR count). The Morgan fingerprint density at radius 3 is 1.62 bits per heavy atom. The van der Waals surface area contributed by atoms with Crippen molar-refractivity contribution in [1.82, 2.24) is 0 Å². The van der Waals surface area contributed by atoms with Crippen molar-refractivity contribution in [2.24, 2.45) is 17.3 Å². The van der Waals surface area contributed by atoms with Gasteiger partial charge in [-0.3, -0.25) is 0 Å². The summed E-state index contributed by atoms with van der Waals surface area (Å²) in [5, 5.41) is -0.0851. The van der Waals surface area contributed by atoms with Crippen molar-refractivity contribution in [2.45, 2.75) is 58.6 Å². The van der Waals surface area contributed by atoms with Crippen molar-refractivity contribution in [3.05, 3.63) is 0 Å². The van der Waals surface area contributed by atoms with Crippen molar-refractivity contribution in [3.8, 4) is 0 Å². The van der Waals surface area contributed by atoms with Gasteiger partial charge in [0.25, 0.3) is 0 Å². The average molecular weight is 246 g/mol. The second-order valence-corrected chi connectivity index (χ2v) is 8.40. The van der Waals surface area contributed by atoms with Crippen LogP contribution in [0.1, 0.15) is 53.4 Å². The molecule has 0 radical (unpaired) electrons. The SMILES string of the molecule is CC(C)C1(C(C)C)CCC(S(C)(=O)=O)CC1. The molecule has 1 aliphatic rings. The van der Waals surface area contributed by atoms with Crippen molar-refractivity contribution < 1.29 is 8.42 Å². The zero-order valence-electron chi connectivity index (χ0n) is 11.3. The summed E-state index contributed by atoms with van der Waals surface area (Å²) in [7, 11) is -2.83. The molecular formula is C13H26O2S. The monoisotopic (exact) mass is 246 g/mol. The first kappa shape index (κ1) is 14.0. The first-order valence-electron chi connectivity index (χ1n) is 6.39. The maximum atomic E-state index is 11.5. The molecule has 0 N–H and O–H groups in total. The lowest BCUT2D eigenvalue weighted by molar-refractivity contribution is 0.0598. The van der Waals surface area contributed by atoms with Crippen molar-refractivity contribution in [3.63, 3.8) is 0 Å². The van der Waals surface area contributed by atoms with Gasteiger partial charge >= 0.3 is 0 Å². The highest BCUT2D eigenvalue weighted by atomic mass is 32.2. The fraction of sp³-hybridized carbons (Fsp3) is 1.00. The van der Waals surface area contributed by atoms with E-state index in [0.717, 1.165) is 25.7 Å². The third kappa shape index (κ3) is 2.61. The van der Waals surface area contributed by atoms with E-state index in [2.05, 4.69) is 27.7 Å². The van der Waals surface area contributed by atoms with Gasteiger partial charge in [0.15, 0.2) is 0 Å². The van der Waals surface area contributed by atoms with E-state index in [9.17, 15) is 8.42 Å². The highest BCUT2D eigenvalue weighted by Gasteiger charge is 2.42. The van der Waals surface area contributed by atoms with Gasteiger partial charge in [0, 0.05) is 6.26 Å². The lowest BCUT2D eigenvalue weighted by Gasteiger charge is -2.46. The van der Waals surface area contributed by atoms with Gasteiger partial charge in [0.1, 0.15) is 9.84 Å². The molecule has 0 unspecified atom stereocenters. The van der Waals surface area contributed by atoms with Crippen LogP contribution in [0, 0.1) is 17.3 Å². The number of hydrogen-bond acceptors (Lipinski definition) is 2. The normalized spacial score (nSPS) is 22.9. The summed E-state index contributed by atoms with van der Waals surface area (Å²) in [5.41, 5.74) is 0.362. The molecule has 0 saturated heterocycles. The van der Waals surface area contributed by atoms with Gasteiger partial charge in [-0.1, -0.05) is 27.7 Å². The van der Waals surface area contributed by atoms with E-state index in [1.807, 2.05) is 0 Å². The lowest BCUT2D eigenvalue weighted by Crippen LogP contribution is -2.40. The quantitative estimate of drug-likeness (QED) is 0.766. The van der Waals surface area contributed by atoms with Crippen molar-refractivity contribution >= 4 is 9.84 Å². The van der Waals surface area contributed by atoms with Crippen LogP contribution < -0.4 is 0 Å². The van der Waals surface area contributed by atoms with E-state index >= 15 is 0 Å². The molecular weight excluding hydrogens is 220 g/mol. The molecule has 0 atom stereocenters. The molecule has 0 aliphatic heterocycles. The van der Waals surface area contributed by atoms with Crippen molar-refractivity contribution in [1.29, 1.82) is 0 Å². The Labute approximate surface area is 101 Å².